The minimum atomic E-state index is 0. The molecule has 0 amide bonds. The molecular formula is C23H40IN3O3. The zero-order chi connectivity index (χ0) is 21.0. The van der Waals surface area contributed by atoms with E-state index in [-0.39, 0.29) is 24.0 Å². The van der Waals surface area contributed by atoms with E-state index in [2.05, 4.69) is 29.7 Å². The molecule has 7 heteroatoms. The summed E-state index contributed by atoms with van der Waals surface area (Å²) in [5.41, 5.74) is 1.56. The lowest BCUT2D eigenvalue weighted by molar-refractivity contribution is 0.141. The average molecular weight is 533 g/mol. The van der Waals surface area contributed by atoms with Gasteiger partial charge < -0.3 is 24.8 Å². The second-order valence-electron chi connectivity index (χ2n) is 7.86. The summed E-state index contributed by atoms with van der Waals surface area (Å²) >= 11 is 0. The molecule has 0 radical (unpaired) electrons. The van der Waals surface area contributed by atoms with Crippen molar-refractivity contribution in [2.24, 2.45) is 10.4 Å². The first kappa shape index (κ1) is 26.8. The van der Waals surface area contributed by atoms with Gasteiger partial charge in [-0.15, -0.1) is 24.0 Å². The number of aryl methyl sites for hydroxylation is 1. The van der Waals surface area contributed by atoms with E-state index >= 15 is 0 Å². The number of nitrogens with one attached hydrogen (secondary N) is 2. The van der Waals surface area contributed by atoms with Crippen LogP contribution in [0.3, 0.4) is 0 Å². The van der Waals surface area contributed by atoms with Gasteiger partial charge in [-0.1, -0.05) is 18.9 Å². The highest BCUT2D eigenvalue weighted by atomic mass is 127. The molecular weight excluding hydrogens is 493 g/mol. The number of benzene rings is 1. The lowest BCUT2D eigenvalue weighted by atomic mass is 9.83. The standard InChI is InChI=1S/C23H39N3O3.HI/c1-5-24-22(26-18-23(14-16-27-2)12-6-7-13-23)25-15-8-9-19-10-11-20(28-3)21(17-19)29-4;/h10-11,17H,5-9,12-16,18H2,1-4H3,(H2,24,25,26);1H. The Balaban J connectivity index is 0.00000450. The van der Waals surface area contributed by atoms with E-state index in [1.165, 1.54) is 31.2 Å². The summed E-state index contributed by atoms with van der Waals surface area (Å²) in [6.45, 7) is 5.56. The number of guanidine groups is 1. The summed E-state index contributed by atoms with van der Waals surface area (Å²) < 4.78 is 16.0. The topological polar surface area (TPSA) is 64.1 Å². The third-order valence-electron chi connectivity index (χ3n) is 5.80. The Morgan fingerprint density at radius 2 is 1.80 bits per heavy atom. The molecule has 1 aliphatic carbocycles. The van der Waals surface area contributed by atoms with E-state index < -0.39 is 0 Å². The van der Waals surface area contributed by atoms with Crippen molar-refractivity contribution in [2.75, 3.05) is 47.6 Å². The maximum absolute atomic E-state index is 5.39. The van der Waals surface area contributed by atoms with Crippen molar-refractivity contribution >= 4 is 29.9 Å². The van der Waals surface area contributed by atoms with Crippen molar-refractivity contribution in [1.82, 2.24) is 10.6 Å². The normalized spacial score (nSPS) is 15.4. The van der Waals surface area contributed by atoms with Crippen molar-refractivity contribution in [3.63, 3.8) is 0 Å². The number of aliphatic imine (C=N–C) groups is 1. The summed E-state index contributed by atoms with van der Waals surface area (Å²) in [5, 5.41) is 6.87. The Morgan fingerprint density at radius 3 is 2.43 bits per heavy atom. The highest BCUT2D eigenvalue weighted by molar-refractivity contribution is 14.0. The molecule has 6 nitrogen and oxygen atoms in total. The van der Waals surface area contributed by atoms with Crippen LogP contribution in [0.1, 0.15) is 51.0 Å². The Labute approximate surface area is 199 Å². The van der Waals surface area contributed by atoms with Crippen molar-refractivity contribution < 1.29 is 14.2 Å². The average Bonchev–Trinajstić information content (AvgIpc) is 3.22. The van der Waals surface area contributed by atoms with Crippen LogP contribution in [0.4, 0.5) is 0 Å². The summed E-state index contributed by atoms with van der Waals surface area (Å²) in [4.78, 5) is 4.92. The van der Waals surface area contributed by atoms with E-state index in [4.69, 9.17) is 19.2 Å². The number of ether oxygens (including phenoxy) is 3. The van der Waals surface area contributed by atoms with Gasteiger partial charge in [0.25, 0.3) is 0 Å². The molecule has 172 valence electrons. The number of hydrogen-bond donors (Lipinski definition) is 2. The summed E-state index contributed by atoms with van der Waals surface area (Å²) in [6, 6.07) is 6.12. The highest BCUT2D eigenvalue weighted by Crippen LogP contribution is 2.41. The summed E-state index contributed by atoms with van der Waals surface area (Å²) in [6.07, 6.45) is 8.26. The molecule has 0 aliphatic heterocycles. The van der Waals surface area contributed by atoms with Gasteiger partial charge in [0.05, 0.1) is 14.2 Å². The van der Waals surface area contributed by atoms with Crippen LogP contribution in [-0.4, -0.2) is 53.5 Å². The molecule has 2 rings (SSSR count). The first-order valence-corrected chi connectivity index (χ1v) is 10.9. The third-order valence-corrected chi connectivity index (χ3v) is 5.80. The van der Waals surface area contributed by atoms with Gasteiger partial charge in [-0.05, 0) is 62.1 Å². The molecule has 1 fully saturated rings. The van der Waals surface area contributed by atoms with E-state index in [0.717, 1.165) is 63.0 Å². The number of rotatable bonds is 12. The minimum absolute atomic E-state index is 0. The second-order valence-corrected chi connectivity index (χ2v) is 7.86. The summed E-state index contributed by atoms with van der Waals surface area (Å²) in [5.74, 6) is 2.47. The fraction of sp³-hybridized carbons (Fsp3) is 0.696. The van der Waals surface area contributed by atoms with E-state index in [9.17, 15) is 0 Å². The molecule has 0 atom stereocenters. The first-order chi connectivity index (χ1) is 14.2. The maximum Gasteiger partial charge on any atom is 0.191 e. The van der Waals surface area contributed by atoms with Gasteiger partial charge in [-0.2, -0.15) is 0 Å². The Hall–Kier alpha value is -1.22. The molecule has 0 saturated heterocycles. The van der Waals surface area contributed by atoms with Crippen molar-refractivity contribution in [3.05, 3.63) is 23.8 Å². The van der Waals surface area contributed by atoms with Gasteiger partial charge in [-0.3, -0.25) is 4.99 Å². The van der Waals surface area contributed by atoms with E-state index in [1.807, 2.05) is 6.07 Å². The van der Waals surface area contributed by atoms with E-state index in [0.29, 0.717) is 5.41 Å². The number of halogens is 1. The molecule has 0 heterocycles. The lowest BCUT2D eigenvalue weighted by Gasteiger charge is -2.27. The van der Waals surface area contributed by atoms with Crippen LogP contribution in [-0.2, 0) is 11.2 Å². The van der Waals surface area contributed by atoms with Crippen LogP contribution in [0, 0.1) is 5.41 Å². The van der Waals surface area contributed by atoms with Crippen molar-refractivity contribution in [3.8, 4) is 11.5 Å². The van der Waals surface area contributed by atoms with Gasteiger partial charge in [0.2, 0.25) is 0 Å². The van der Waals surface area contributed by atoms with Crippen LogP contribution in [0.2, 0.25) is 0 Å². The molecule has 1 aromatic rings. The second kappa shape index (κ2) is 14.7. The van der Waals surface area contributed by atoms with Crippen LogP contribution < -0.4 is 20.1 Å². The summed E-state index contributed by atoms with van der Waals surface area (Å²) in [7, 11) is 5.12. The third kappa shape index (κ3) is 8.49. The Morgan fingerprint density at radius 1 is 1.07 bits per heavy atom. The Kier molecular flexibility index (Phi) is 13.2. The molecule has 0 unspecified atom stereocenters. The monoisotopic (exact) mass is 533 g/mol. The fourth-order valence-electron chi connectivity index (χ4n) is 4.05. The van der Waals surface area contributed by atoms with Crippen LogP contribution in [0.5, 0.6) is 11.5 Å². The van der Waals surface area contributed by atoms with Crippen LogP contribution in [0.25, 0.3) is 0 Å². The highest BCUT2D eigenvalue weighted by Gasteiger charge is 2.33. The van der Waals surface area contributed by atoms with Crippen molar-refractivity contribution in [2.45, 2.75) is 51.9 Å². The molecule has 0 bridgehead atoms. The molecule has 1 saturated carbocycles. The number of hydrogen-bond acceptors (Lipinski definition) is 4. The number of methoxy groups -OCH3 is 3. The molecule has 1 aromatic carbocycles. The van der Waals surface area contributed by atoms with Gasteiger partial charge >= 0.3 is 0 Å². The predicted octanol–water partition coefficient (Wildman–Crippen LogP) is 4.41. The quantitative estimate of drug-likeness (QED) is 0.181. The number of nitrogens with zero attached hydrogens (tertiary/aromatic N) is 1. The van der Waals surface area contributed by atoms with E-state index in [1.54, 1.807) is 21.3 Å². The van der Waals surface area contributed by atoms with Gasteiger partial charge in [0.1, 0.15) is 0 Å². The molecule has 2 N–H and O–H groups in total. The maximum atomic E-state index is 5.39. The molecule has 0 spiro atoms. The van der Waals surface area contributed by atoms with Crippen LogP contribution in [0.15, 0.2) is 23.2 Å². The SMILES string of the molecule is CCNC(=NCC1(CCOC)CCCC1)NCCCc1ccc(OC)c(OC)c1.I. The zero-order valence-corrected chi connectivity index (χ0v) is 21.4. The largest absolute Gasteiger partial charge is 0.493 e. The molecule has 1 aliphatic rings. The lowest BCUT2D eigenvalue weighted by Crippen LogP contribution is -2.39. The zero-order valence-electron chi connectivity index (χ0n) is 19.1. The smallest absolute Gasteiger partial charge is 0.191 e. The molecule has 30 heavy (non-hydrogen) atoms. The van der Waals surface area contributed by atoms with Gasteiger partial charge in [0, 0.05) is 33.4 Å². The predicted molar refractivity (Wildman–Crippen MR) is 135 cm³/mol. The minimum Gasteiger partial charge on any atom is -0.493 e. The fourth-order valence-corrected chi connectivity index (χ4v) is 4.05. The van der Waals surface area contributed by atoms with Gasteiger partial charge in [0.15, 0.2) is 17.5 Å². The Bertz CT molecular complexity index is 634. The first-order valence-electron chi connectivity index (χ1n) is 10.9. The van der Waals surface area contributed by atoms with Gasteiger partial charge in [-0.25, -0.2) is 0 Å². The van der Waals surface area contributed by atoms with Crippen molar-refractivity contribution in [1.29, 1.82) is 0 Å². The van der Waals surface area contributed by atoms with Crippen LogP contribution >= 0.6 is 24.0 Å². The molecule has 0 aromatic heterocycles.